The lowest BCUT2D eigenvalue weighted by molar-refractivity contribution is -0.148. The highest BCUT2D eigenvalue weighted by atomic mass is 16.4. The van der Waals surface area contributed by atoms with Gasteiger partial charge in [-0.25, -0.2) is 0 Å². The number of rotatable bonds is 5. The molecule has 3 N–H and O–H groups in total. The largest absolute Gasteiger partial charge is 0.481 e. The van der Waals surface area contributed by atoms with Gasteiger partial charge < -0.3 is 10.8 Å². The third-order valence-corrected chi connectivity index (χ3v) is 4.23. The van der Waals surface area contributed by atoms with E-state index in [4.69, 9.17) is 5.73 Å². The van der Waals surface area contributed by atoms with E-state index < -0.39 is 11.4 Å². The number of hydrogen-bond donors (Lipinski definition) is 2. The van der Waals surface area contributed by atoms with Crippen molar-refractivity contribution in [3.05, 3.63) is 34.9 Å². The van der Waals surface area contributed by atoms with Gasteiger partial charge in [0.2, 0.25) is 0 Å². The molecule has 0 spiro atoms. The molecule has 1 unspecified atom stereocenters. The summed E-state index contributed by atoms with van der Waals surface area (Å²) in [5.74, 6) is -0.784. The Hall–Kier alpha value is -1.35. The number of fused-ring (bicyclic) bond motifs is 1. The van der Waals surface area contributed by atoms with Crippen molar-refractivity contribution in [2.24, 2.45) is 11.1 Å². The summed E-state index contributed by atoms with van der Waals surface area (Å²) in [5, 5.41) is 9.40. The molecule has 1 atom stereocenters. The number of benzene rings is 1. The van der Waals surface area contributed by atoms with Gasteiger partial charge in [-0.15, -0.1) is 0 Å². The van der Waals surface area contributed by atoms with E-state index >= 15 is 0 Å². The number of aliphatic carboxylic acids is 1. The average Bonchev–Trinajstić information content (AvgIpc) is 2.83. The van der Waals surface area contributed by atoms with E-state index in [1.54, 1.807) is 0 Å². The molecule has 3 nitrogen and oxygen atoms in total. The molecule has 0 saturated heterocycles. The fraction of sp³-hybridized carbons (Fsp3) is 0.533. The third-order valence-electron chi connectivity index (χ3n) is 4.23. The zero-order chi connectivity index (χ0) is 13.2. The molecule has 3 heteroatoms. The van der Waals surface area contributed by atoms with Crippen molar-refractivity contribution in [3.8, 4) is 0 Å². The maximum absolute atomic E-state index is 11.4. The van der Waals surface area contributed by atoms with Gasteiger partial charge >= 0.3 is 5.97 Å². The first-order valence-electron chi connectivity index (χ1n) is 6.65. The summed E-state index contributed by atoms with van der Waals surface area (Å²) in [7, 11) is 0. The average molecular weight is 247 g/mol. The number of carbonyl (C=O) groups is 1. The molecule has 18 heavy (non-hydrogen) atoms. The van der Waals surface area contributed by atoms with Gasteiger partial charge in [-0.2, -0.15) is 0 Å². The topological polar surface area (TPSA) is 63.3 Å². The van der Waals surface area contributed by atoms with Crippen LogP contribution in [0.25, 0.3) is 0 Å². The molecule has 0 aliphatic heterocycles. The first-order chi connectivity index (χ1) is 8.61. The van der Waals surface area contributed by atoms with E-state index in [1.807, 2.05) is 6.92 Å². The number of aryl methyl sites for hydroxylation is 2. The summed E-state index contributed by atoms with van der Waals surface area (Å²) in [6.07, 6.45) is 4.59. The van der Waals surface area contributed by atoms with Crippen LogP contribution in [-0.4, -0.2) is 17.6 Å². The van der Waals surface area contributed by atoms with Gasteiger partial charge in [0.1, 0.15) is 0 Å². The van der Waals surface area contributed by atoms with E-state index in [-0.39, 0.29) is 6.54 Å². The van der Waals surface area contributed by atoms with Gasteiger partial charge in [0.05, 0.1) is 5.41 Å². The fourth-order valence-electron chi connectivity index (χ4n) is 2.78. The second-order valence-electron chi connectivity index (χ2n) is 5.28. The Labute approximate surface area is 108 Å². The molecule has 98 valence electrons. The van der Waals surface area contributed by atoms with Gasteiger partial charge in [0.25, 0.3) is 0 Å². The molecule has 1 aromatic rings. The highest BCUT2D eigenvalue weighted by Crippen LogP contribution is 2.29. The van der Waals surface area contributed by atoms with Crippen LogP contribution in [-0.2, 0) is 24.1 Å². The highest BCUT2D eigenvalue weighted by molar-refractivity contribution is 5.75. The van der Waals surface area contributed by atoms with Crippen LogP contribution in [0.15, 0.2) is 18.2 Å². The first-order valence-corrected chi connectivity index (χ1v) is 6.65. The van der Waals surface area contributed by atoms with Crippen LogP contribution in [0.4, 0.5) is 0 Å². The van der Waals surface area contributed by atoms with Crippen LogP contribution in [0, 0.1) is 5.41 Å². The van der Waals surface area contributed by atoms with Crippen LogP contribution in [0.5, 0.6) is 0 Å². The summed E-state index contributed by atoms with van der Waals surface area (Å²) in [6, 6.07) is 6.38. The zero-order valence-electron chi connectivity index (χ0n) is 10.9. The van der Waals surface area contributed by atoms with E-state index in [2.05, 4.69) is 18.2 Å². The molecular formula is C15H21NO2. The Bertz CT molecular complexity index is 450. The molecule has 0 heterocycles. The molecule has 1 aliphatic carbocycles. The normalized spacial score (nSPS) is 17.2. The number of carboxylic acid groups (broad SMARTS) is 1. The lowest BCUT2D eigenvalue weighted by Gasteiger charge is -2.26. The molecule has 0 aromatic heterocycles. The lowest BCUT2D eigenvalue weighted by Crippen LogP contribution is -2.40. The fourth-order valence-corrected chi connectivity index (χ4v) is 2.78. The molecule has 1 aliphatic rings. The molecule has 0 saturated carbocycles. The van der Waals surface area contributed by atoms with Crippen LogP contribution in [0.1, 0.15) is 36.5 Å². The summed E-state index contributed by atoms with van der Waals surface area (Å²) >= 11 is 0. The minimum Gasteiger partial charge on any atom is -0.481 e. The Kier molecular flexibility index (Phi) is 3.71. The van der Waals surface area contributed by atoms with E-state index in [9.17, 15) is 9.90 Å². The van der Waals surface area contributed by atoms with Gasteiger partial charge in [-0.3, -0.25) is 4.79 Å². The maximum atomic E-state index is 11.4. The predicted octanol–water partition coefficient (Wildman–Crippen LogP) is 2.16. The molecule has 1 aromatic carbocycles. The van der Waals surface area contributed by atoms with Crippen molar-refractivity contribution in [1.29, 1.82) is 0 Å². The molecule has 0 radical (unpaired) electrons. The number of hydrogen-bond acceptors (Lipinski definition) is 2. The van der Waals surface area contributed by atoms with Crippen molar-refractivity contribution in [1.82, 2.24) is 0 Å². The number of nitrogens with two attached hydrogens (primary N) is 1. The van der Waals surface area contributed by atoms with Crippen LogP contribution >= 0.6 is 0 Å². The van der Waals surface area contributed by atoms with E-state index in [0.29, 0.717) is 12.8 Å². The first kappa shape index (κ1) is 13.1. The molecule has 0 fully saturated rings. The quantitative estimate of drug-likeness (QED) is 0.838. The van der Waals surface area contributed by atoms with Crippen molar-refractivity contribution >= 4 is 5.97 Å². The van der Waals surface area contributed by atoms with E-state index in [0.717, 1.165) is 18.4 Å². The van der Waals surface area contributed by atoms with Crippen molar-refractivity contribution in [2.45, 2.75) is 39.0 Å². The second kappa shape index (κ2) is 5.11. The third kappa shape index (κ3) is 2.27. The van der Waals surface area contributed by atoms with Crippen molar-refractivity contribution in [3.63, 3.8) is 0 Å². The van der Waals surface area contributed by atoms with Crippen LogP contribution in [0.3, 0.4) is 0 Å². The Balaban J connectivity index is 2.24. The molecule has 0 bridgehead atoms. The Morgan fingerprint density at radius 3 is 2.72 bits per heavy atom. The van der Waals surface area contributed by atoms with Gasteiger partial charge in [-0.1, -0.05) is 25.1 Å². The van der Waals surface area contributed by atoms with Crippen molar-refractivity contribution in [2.75, 3.05) is 6.54 Å². The zero-order valence-corrected chi connectivity index (χ0v) is 10.9. The lowest BCUT2D eigenvalue weighted by atomic mass is 9.79. The molecular weight excluding hydrogens is 226 g/mol. The Morgan fingerprint density at radius 1 is 1.39 bits per heavy atom. The molecule has 0 amide bonds. The summed E-state index contributed by atoms with van der Waals surface area (Å²) in [6.45, 7) is 2.09. The van der Waals surface area contributed by atoms with Crippen molar-refractivity contribution < 1.29 is 9.90 Å². The molecule has 2 rings (SSSR count). The van der Waals surface area contributed by atoms with E-state index in [1.165, 1.54) is 17.5 Å². The maximum Gasteiger partial charge on any atom is 0.311 e. The summed E-state index contributed by atoms with van der Waals surface area (Å²) < 4.78 is 0. The minimum absolute atomic E-state index is 0.190. The van der Waals surface area contributed by atoms with Crippen LogP contribution in [0.2, 0.25) is 0 Å². The SMILES string of the molecule is CCC(CN)(Cc1ccc2c(c1)CCC2)C(=O)O. The number of carboxylic acids is 1. The highest BCUT2D eigenvalue weighted by Gasteiger charge is 2.35. The smallest absolute Gasteiger partial charge is 0.311 e. The van der Waals surface area contributed by atoms with Gasteiger partial charge in [0, 0.05) is 6.54 Å². The standard InChI is InChI=1S/C15H21NO2/c1-2-15(10-16,14(17)18)9-11-6-7-12-4-3-5-13(12)8-11/h6-8H,2-5,9-10,16H2,1H3,(H,17,18). The Morgan fingerprint density at radius 2 is 2.11 bits per heavy atom. The predicted molar refractivity (Wildman–Crippen MR) is 71.6 cm³/mol. The summed E-state index contributed by atoms with van der Waals surface area (Å²) in [4.78, 5) is 11.4. The minimum atomic E-state index is -0.813. The second-order valence-corrected chi connectivity index (χ2v) is 5.28. The van der Waals surface area contributed by atoms with Crippen LogP contribution < -0.4 is 5.73 Å². The monoisotopic (exact) mass is 247 g/mol. The van der Waals surface area contributed by atoms with Gasteiger partial charge in [0.15, 0.2) is 0 Å². The summed E-state index contributed by atoms with van der Waals surface area (Å²) in [5.41, 5.74) is 8.80. The van der Waals surface area contributed by atoms with Gasteiger partial charge in [-0.05, 0) is 48.8 Å².